The van der Waals surface area contributed by atoms with Gasteiger partial charge in [0, 0.05) is 0 Å². The number of hydrogen-bond acceptors (Lipinski definition) is 1. The molecule has 86 valence electrons. The second-order valence-electron chi connectivity index (χ2n) is 3.78. The Labute approximate surface area is 94.2 Å². The van der Waals surface area contributed by atoms with Crippen LogP contribution in [-0.4, -0.2) is 11.2 Å². The van der Waals surface area contributed by atoms with Gasteiger partial charge in [-0.15, -0.1) is 0 Å². The van der Waals surface area contributed by atoms with Gasteiger partial charge < -0.3 is 5.11 Å². The summed E-state index contributed by atoms with van der Waals surface area (Å²) in [6.07, 6.45) is 16.1. The summed E-state index contributed by atoms with van der Waals surface area (Å²) >= 11 is 0. The molecule has 0 aliphatic rings. The summed E-state index contributed by atoms with van der Waals surface area (Å²) in [6.45, 7) is 5.71. The van der Waals surface area contributed by atoms with Crippen molar-refractivity contribution >= 4 is 0 Å². The van der Waals surface area contributed by atoms with Crippen molar-refractivity contribution in [2.45, 2.75) is 51.6 Å². The predicted molar refractivity (Wildman–Crippen MR) is 67.9 cm³/mol. The molecule has 1 heteroatoms. The first-order valence-corrected chi connectivity index (χ1v) is 5.93. The van der Waals surface area contributed by atoms with E-state index in [1.165, 1.54) is 6.42 Å². The Kier molecular flexibility index (Phi) is 10.6. The van der Waals surface area contributed by atoms with Crippen LogP contribution in [0.15, 0.2) is 37.0 Å². The average molecular weight is 208 g/mol. The van der Waals surface area contributed by atoms with E-state index in [-0.39, 0.29) is 6.10 Å². The maximum absolute atomic E-state index is 9.48. The maximum atomic E-state index is 9.48. The van der Waals surface area contributed by atoms with Gasteiger partial charge in [-0.3, -0.25) is 0 Å². The molecule has 0 aliphatic heterocycles. The van der Waals surface area contributed by atoms with Crippen LogP contribution in [0.25, 0.3) is 0 Å². The minimum absolute atomic E-state index is 0.0837. The van der Waals surface area contributed by atoms with Crippen molar-refractivity contribution in [2.75, 3.05) is 0 Å². The van der Waals surface area contributed by atoms with Gasteiger partial charge in [0.25, 0.3) is 0 Å². The number of rotatable bonds is 9. The molecule has 0 amide bonds. The molecule has 0 heterocycles. The fraction of sp³-hybridized carbons (Fsp3) is 0.571. The fourth-order valence-electron chi connectivity index (χ4n) is 1.44. The number of aliphatic hydroxyl groups is 1. The lowest BCUT2D eigenvalue weighted by atomic mass is 10.1. The minimum Gasteiger partial charge on any atom is -0.393 e. The van der Waals surface area contributed by atoms with Gasteiger partial charge in [0.2, 0.25) is 0 Å². The molecule has 1 atom stereocenters. The van der Waals surface area contributed by atoms with Crippen LogP contribution in [0.2, 0.25) is 0 Å². The van der Waals surface area contributed by atoms with Crippen molar-refractivity contribution in [1.82, 2.24) is 0 Å². The molecule has 0 aromatic carbocycles. The van der Waals surface area contributed by atoms with E-state index in [2.05, 4.69) is 19.6 Å². The first-order valence-electron chi connectivity index (χ1n) is 5.93. The SMILES string of the molecule is C=C/C=C\C=C\CCCCC(O)CCC. The van der Waals surface area contributed by atoms with Crippen molar-refractivity contribution in [3.05, 3.63) is 37.0 Å². The first kappa shape index (κ1) is 14.2. The van der Waals surface area contributed by atoms with Gasteiger partial charge in [0.1, 0.15) is 0 Å². The molecule has 0 radical (unpaired) electrons. The van der Waals surface area contributed by atoms with Crippen LogP contribution in [0.4, 0.5) is 0 Å². The van der Waals surface area contributed by atoms with E-state index in [4.69, 9.17) is 0 Å². The van der Waals surface area contributed by atoms with E-state index < -0.39 is 0 Å². The number of hydrogen-bond donors (Lipinski definition) is 1. The lowest BCUT2D eigenvalue weighted by molar-refractivity contribution is 0.150. The quantitative estimate of drug-likeness (QED) is 0.448. The van der Waals surface area contributed by atoms with Gasteiger partial charge in [0.05, 0.1) is 6.10 Å². The standard InChI is InChI=1S/C14H24O/c1-3-5-6-7-8-9-10-11-13-14(15)12-4-2/h3,5-8,14-15H,1,4,9-13H2,2H3/b6-5-,8-7+. The summed E-state index contributed by atoms with van der Waals surface area (Å²) < 4.78 is 0. The molecule has 0 aromatic heterocycles. The molecular weight excluding hydrogens is 184 g/mol. The van der Waals surface area contributed by atoms with Crippen LogP contribution in [-0.2, 0) is 0 Å². The second kappa shape index (κ2) is 11.3. The monoisotopic (exact) mass is 208 g/mol. The molecule has 0 bridgehead atoms. The van der Waals surface area contributed by atoms with E-state index >= 15 is 0 Å². The summed E-state index contributed by atoms with van der Waals surface area (Å²) in [5.41, 5.74) is 0. The van der Waals surface area contributed by atoms with Gasteiger partial charge >= 0.3 is 0 Å². The molecule has 0 aliphatic carbocycles. The highest BCUT2D eigenvalue weighted by atomic mass is 16.3. The summed E-state index contributed by atoms with van der Waals surface area (Å²) in [5.74, 6) is 0. The van der Waals surface area contributed by atoms with Crippen molar-refractivity contribution in [1.29, 1.82) is 0 Å². The van der Waals surface area contributed by atoms with Crippen molar-refractivity contribution in [3.63, 3.8) is 0 Å². The lowest BCUT2D eigenvalue weighted by Gasteiger charge is -2.07. The lowest BCUT2D eigenvalue weighted by Crippen LogP contribution is -2.04. The van der Waals surface area contributed by atoms with Crippen LogP contribution in [0, 0.1) is 0 Å². The Balaban J connectivity index is 3.27. The Morgan fingerprint density at radius 2 is 1.93 bits per heavy atom. The van der Waals surface area contributed by atoms with Crippen molar-refractivity contribution in [2.24, 2.45) is 0 Å². The zero-order chi connectivity index (χ0) is 11.4. The minimum atomic E-state index is -0.0837. The molecule has 0 spiro atoms. The van der Waals surface area contributed by atoms with E-state index in [1.807, 2.05) is 18.2 Å². The van der Waals surface area contributed by atoms with Crippen LogP contribution in [0.3, 0.4) is 0 Å². The Hall–Kier alpha value is -0.820. The Morgan fingerprint density at radius 1 is 1.13 bits per heavy atom. The molecule has 1 unspecified atom stereocenters. The summed E-state index contributed by atoms with van der Waals surface area (Å²) in [7, 11) is 0. The zero-order valence-corrected chi connectivity index (χ0v) is 9.86. The number of aliphatic hydroxyl groups excluding tert-OH is 1. The van der Waals surface area contributed by atoms with Crippen LogP contribution in [0.5, 0.6) is 0 Å². The Morgan fingerprint density at radius 3 is 2.60 bits per heavy atom. The van der Waals surface area contributed by atoms with E-state index in [1.54, 1.807) is 6.08 Å². The fourth-order valence-corrected chi connectivity index (χ4v) is 1.44. The largest absolute Gasteiger partial charge is 0.393 e. The average Bonchev–Trinajstić information content (AvgIpc) is 2.22. The summed E-state index contributed by atoms with van der Waals surface area (Å²) in [4.78, 5) is 0. The van der Waals surface area contributed by atoms with Crippen LogP contribution in [0.1, 0.15) is 45.4 Å². The third-order valence-corrected chi connectivity index (χ3v) is 2.27. The van der Waals surface area contributed by atoms with E-state index in [0.717, 1.165) is 32.1 Å². The van der Waals surface area contributed by atoms with Gasteiger partial charge in [-0.1, -0.05) is 56.7 Å². The van der Waals surface area contributed by atoms with Gasteiger partial charge in [-0.2, -0.15) is 0 Å². The highest BCUT2D eigenvalue weighted by Crippen LogP contribution is 2.08. The van der Waals surface area contributed by atoms with Crippen molar-refractivity contribution in [3.8, 4) is 0 Å². The first-order chi connectivity index (χ1) is 7.31. The summed E-state index contributed by atoms with van der Waals surface area (Å²) in [6, 6.07) is 0. The number of unbranched alkanes of at least 4 members (excludes halogenated alkanes) is 2. The molecule has 1 N–H and O–H groups in total. The van der Waals surface area contributed by atoms with Gasteiger partial charge in [0.15, 0.2) is 0 Å². The van der Waals surface area contributed by atoms with E-state index in [9.17, 15) is 5.11 Å². The van der Waals surface area contributed by atoms with Gasteiger partial charge in [-0.05, 0) is 25.7 Å². The molecule has 15 heavy (non-hydrogen) atoms. The third kappa shape index (κ3) is 11.1. The zero-order valence-electron chi connectivity index (χ0n) is 9.86. The molecule has 0 saturated heterocycles. The van der Waals surface area contributed by atoms with E-state index in [0.29, 0.717) is 0 Å². The highest BCUT2D eigenvalue weighted by Gasteiger charge is 2.00. The van der Waals surface area contributed by atoms with Crippen molar-refractivity contribution < 1.29 is 5.11 Å². The second-order valence-corrected chi connectivity index (χ2v) is 3.78. The molecule has 0 fully saturated rings. The molecule has 0 aromatic rings. The highest BCUT2D eigenvalue weighted by molar-refractivity contribution is 5.08. The third-order valence-electron chi connectivity index (χ3n) is 2.27. The van der Waals surface area contributed by atoms with Crippen LogP contribution < -0.4 is 0 Å². The molecular formula is C14H24O. The topological polar surface area (TPSA) is 20.2 Å². The smallest absolute Gasteiger partial charge is 0.0540 e. The Bertz CT molecular complexity index is 192. The molecule has 0 saturated carbocycles. The van der Waals surface area contributed by atoms with Crippen LogP contribution >= 0.6 is 0 Å². The summed E-state index contributed by atoms with van der Waals surface area (Å²) in [5, 5.41) is 9.48. The molecule has 0 rings (SSSR count). The number of allylic oxidation sites excluding steroid dienone is 5. The molecule has 1 nitrogen and oxygen atoms in total. The maximum Gasteiger partial charge on any atom is 0.0540 e. The predicted octanol–water partition coefficient (Wildman–Crippen LogP) is 4.01. The normalized spacial score (nSPS) is 13.7. The van der Waals surface area contributed by atoms with Gasteiger partial charge in [-0.25, -0.2) is 0 Å².